The van der Waals surface area contributed by atoms with E-state index >= 15 is 0 Å². The molecule has 1 aromatic carbocycles. The highest BCUT2D eigenvalue weighted by Gasteiger charge is 2.43. The van der Waals surface area contributed by atoms with Crippen molar-refractivity contribution < 1.29 is 18.3 Å². The van der Waals surface area contributed by atoms with E-state index in [-0.39, 0.29) is 37.9 Å². The van der Waals surface area contributed by atoms with E-state index in [1.807, 2.05) is 10.9 Å². The molecule has 2 aromatic heterocycles. The number of rotatable bonds is 7. The van der Waals surface area contributed by atoms with Gasteiger partial charge in [-0.2, -0.15) is 20.3 Å². The average molecular weight is 636 g/mol. The van der Waals surface area contributed by atoms with Gasteiger partial charge >= 0.3 is 6.01 Å². The van der Waals surface area contributed by atoms with Crippen LogP contribution in [0.15, 0.2) is 12.3 Å². The van der Waals surface area contributed by atoms with E-state index in [9.17, 15) is 14.0 Å². The highest BCUT2D eigenvalue weighted by molar-refractivity contribution is 5.95. The standard InChI is InChI=1S/C33H43F2N9O2/c1-21-14-28-26(16-38-44(28)29-6-4-5-13-45-29)30(22(21)2)42-11-8-25-27(18-42)39-32(46-19-24-15-33(34,35)20-41(24)3)40-31(25)43-12-10-37-23(17-43)7-9-36/h14,16,23-24,29,37H,4-8,10-13,15,17-20H2,1-3H3/t23-,24-,29?/m0/s1. The molecule has 0 radical (unpaired) electrons. The van der Waals surface area contributed by atoms with Crippen LogP contribution < -0.4 is 19.9 Å². The van der Waals surface area contributed by atoms with Crippen LogP contribution in [-0.2, 0) is 17.7 Å². The van der Waals surface area contributed by atoms with Crippen LogP contribution in [0.4, 0.5) is 20.3 Å². The molecule has 246 valence electrons. The van der Waals surface area contributed by atoms with E-state index in [2.05, 4.69) is 41.1 Å². The van der Waals surface area contributed by atoms with Crippen LogP contribution in [0.1, 0.15) is 60.7 Å². The Labute approximate surface area is 268 Å². The molecular formula is C33H43F2N9O2. The number of aryl methyl sites for hydroxylation is 1. The molecule has 46 heavy (non-hydrogen) atoms. The number of nitriles is 1. The first kappa shape index (κ1) is 31.0. The summed E-state index contributed by atoms with van der Waals surface area (Å²) in [4.78, 5) is 16.1. The molecule has 13 heteroatoms. The van der Waals surface area contributed by atoms with Crippen LogP contribution in [0.2, 0.25) is 0 Å². The van der Waals surface area contributed by atoms with Gasteiger partial charge in [0, 0.05) is 62.2 Å². The molecule has 11 nitrogen and oxygen atoms in total. The summed E-state index contributed by atoms with van der Waals surface area (Å²) < 4.78 is 42.5. The van der Waals surface area contributed by atoms with Crippen molar-refractivity contribution in [3.8, 4) is 12.1 Å². The second-order valence-electron chi connectivity index (χ2n) is 13.3. The molecular weight excluding hydrogens is 592 g/mol. The largest absolute Gasteiger partial charge is 0.462 e. The smallest absolute Gasteiger partial charge is 0.318 e. The maximum atomic E-state index is 14.1. The second-order valence-corrected chi connectivity index (χ2v) is 13.3. The maximum absolute atomic E-state index is 14.1. The van der Waals surface area contributed by atoms with Gasteiger partial charge in [-0.1, -0.05) is 0 Å². The lowest BCUT2D eigenvalue weighted by atomic mass is 9.99. The van der Waals surface area contributed by atoms with Crippen molar-refractivity contribution in [2.75, 3.05) is 62.8 Å². The molecule has 4 aliphatic heterocycles. The molecule has 0 bridgehead atoms. The Hall–Kier alpha value is -3.60. The van der Waals surface area contributed by atoms with Crippen molar-refractivity contribution in [2.45, 2.75) is 83.2 Å². The molecule has 0 saturated carbocycles. The van der Waals surface area contributed by atoms with Gasteiger partial charge in [0.2, 0.25) is 0 Å². The number of nitrogens with zero attached hydrogens (tertiary/aromatic N) is 8. The Morgan fingerprint density at radius 1 is 1.20 bits per heavy atom. The Bertz CT molecular complexity index is 1630. The van der Waals surface area contributed by atoms with Crippen molar-refractivity contribution in [1.29, 1.82) is 5.26 Å². The van der Waals surface area contributed by atoms with Crippen LogP contribution in [0.5, 0.6) is 6.01 Å². The zero-order valence-electron chi connectivity index (χ0n) is 26.9. The van der Waals surface area contributed by atoms with E-state index in [1.165, 1.54) is 11.1 Å². The van der Waals surface area contributed by atoms with Crippen LogP contribution in [0, 0.1) is 25.2 Å². The number of hydrogen-bond donors (Lipinski definition) is 1. The van der Waals surface area contributed by atoms with Gasteiger partial charge in [-0.05, 0) is 63.8 Å². The molecule has 1 unspecified atom stereocenters. The maximum Gasteiger partial charge on any atom is 0.318 e. The summed E-state index contributed by atoms with van der Waals surface area (Å²) in [6, 6.07) is 4.33. The van der Waals surface area contributed by atoms with Gasteiger partial charge in [-0.15, -0.1) is 0 Å². The lowest BCUT2D eigenvalue weighted by Crippen LogP contribution is -2.51. The number of ether oxygens (including phenoxy) is 2. The molecule has 7 rings (SSSR count). The Morgan fingerprint density at radius 3 is 2.83 bits per heavy atom. The summed E-state index contributed by atoms with van der Waals surface area (Å²) in [5.74, 6) is -1.90. The van der Waals surface area contributed by atoms with E-state index in [4.69, 9.17) is 24.5 Å². The molecule has 3 atom stereocenters. The van der Waals surface area contributed by atoms with Crippen molar-refractivity contribution in [2.24, 2.45) is 0 Å². The molecule has 0 spiro atoms. The Balaban J connectivity index is 1.22. The van der Waals surface area contributed by atoms with Gasteiger partial charge in [0.15, 0.2) is 6.23 Å². The van der Waals surface area contributed by atoms with E-state index < -0.39 is 12.0 Å². The molecule has 3 aromatic rings. The van der Waals surface area contributed by atoms with Gasteiger partial charge < -0.3 is 24.6 Å². The number of aromatic nitrogens is 4. The van der Waals surface area contributed by atoms with Crippen molar-refractivity contribution in [3.63, 3.8) is 0 Å². The number of piperazine rings is 1. The molecule has 0 amide bonds. The number of likely N-dealkylation sites (N-methyl/N-ethyl adjacent to an activating group) is 1. The lowest BCUT2D eigenvalue weighted by molar-refractivity contribution is -0.0366. The quantitative estimate of drug-likeness (QED) is 0.408. The van der Waals surface area contributed by atoms with Crippen LogP contribution in [-0.4, -0.2) is 95.6 Å². The number of halogens is 2. The zero-order valence-corrected chi connectivity index (χ0v) is 26.9. The van der Waals surface area contributed by atoms with Gasteiger partial charge in [-0.3, -0.25) is 4.90 Å². The van der Waals surface area contributed by atoms with E-state index in [0.717, 1.165) is 85.6 Å². The normalized spacial score (nSPS) is 25.1. The SMILES string of the molecule is Cc1cc2c(cnn2C2CCCCO2)c(N2CCc3c(nc(OC[C@@H]4CC(F)(F)CN4C)nc3N3CCN[C@@H](CC#N)C3)C2)c1C. The van der Waals surface area contributed by atoms with Crippen LogP contribution in [0.25, 0.3) is 10.9 Å². The number of fused-ring (bicyclic) bond motifs is 2. The first-order chi connectivity index (χ1) is 22.2. The number of hydrogen-bond acceptors (Lipinski definition) is 10. The molecule has 3 fully saturated rings. The summed E-state index contributed by atoms with van der Waals surface area (Å²) in [7, 11) is 1.70. The summed E-state index contributed by atoms with van der Waals surface area (Å²) >= 11 is 0. The number of nitrogens with one attached hydrogen (secondary N) is 1. The summed E-state index contributed by atoms with van der Waals surface area (Å²) in [6.07, 6.45) is 5.98. The van der Waals surface area contributed by atoms with Crippen LogP contribution in [0.3, 0.4) is 0 Å². The number of likely N-dealkylation sites (tertiary alicyclic amines) is 1. The third-order valence-corrected chi connectivity index (χ3v) is 10.1. The third kappa shape index (κ3) is 5.98. The van der Waals surface area contributed by atoms with E-state index in [1.54, 1.807) is 11.9 Å². The predicted molar refractivity (Wildman–Crippen MR) is 171 cm³/mol. The minimum Gasteiger partial charge on any atom is -0.462 e. The van der Waals surface area contributed by atoms with Crippen molar-refractivity contribution >= 4 is 22.4 Å². The average Bonchev–Trinajstić information content (AvgIpc) is 3.58. The lowest BCUT2D eigenvalue weighted by Gasteiger charge is -2.38. The number of alkyl halides is 2. The van der Waals surface area contributed by atoms with E-state index in [0.29, 0.717) is 19.5 Å². The van der Waals surface area contributed by atoms with Gasteiger partial charge in [-0.25, -0.2) is 13.5 Å². The topological polar surface area (TPSA) is 108 Å². The van der Waals surface area contributed by atoms with Gasteiger partial charge in [0.05, 0.1) is 48.7 Å². The second kappa shape index (κ2) is 12.5. The highest BCUT2D eigenvalue weighted by Crippen LogP contribution is 2.39. The Kier molecular flexibility index (Phi) is 8.46. The fourth-order valence-electron chi connectivity index (χ4n) is 7.54. The summed E-state index contributed by atoms with van der Waals surface area (Å²) in [5.41, 5.74) is 6.58. The Morgan fingerprint density at radius 2 is 2.07 bits per heavy atom. The van der Waals surface area contributed by atoms with Crippen molar-refractivity contribution in [3.05, 3.63) is 34.6 Å². The fraction of sp³-hybridized carbons (Fsp3) is 0.636. The van der Waals surface area contributed by atoms with Gasteiger partial charge in [0.25, 0.3) is 5.92 Å². The number of anilines is 2. The monoisotopic (exact) mass is 635 g/mol. The minimum absolute atomic E-state index is 0.0381. The van der Waals surface area contributed by atoms with Gasteiger partial charge in [0.1, 0.15) is 12.4 Å². The molecule has 3 saturated heterocycles. The van der Waals surface area contributed by atoms with Crippen molar-refractivity contribution in [1.82, 2.24) is 30.0 Å². The zero-order chi connectivity index (χ0) is 32.0. The molecule has 1 N–H and O–H groups in total. The molecule has 6 heterocycles. The number of benzene rings is 1. The minimum atomic E-state index is -2.73. The summed E-state index contributed by atoms with van der Waals surface area (Å²) in [5, 5.41) is 18.7. The first-order valence-electron chi connectivity index (χ1n) is 16.5. The fourth-order valence-corrected chi connectivity index (χ4v) is 7.54. The highest BCUT2D eigenvalue weighted by atomic mass is 19.3. The summed E-state index contributed by atoms with van der Waals surface area (Å²) in [6.45, 7) is 8.35. The molecule has 4 aliphatic rings. The predicted octanol–water partition coefficient (Wildman–Crippen LogP) is 4.12. The van der Waals surface area contributed by atoms with Crippen LogP contribution >= 0.6 is 0 Å². The molecule has 0 aliphatic carbocycles. The first-order valence-corrected chi connectivity index (χ1v) is 16.5. The third-order valence-electron chi connectivity index (χ3n) is 10.1.